The molecule has 2 saturated heterocycles. The molecule has 1 N–H and O–H groups in total. The van der Waals surface area contributed by atoms with E-state index in [1.165, 1.54) is 0 Å². The van der Waals surface area contributed by atoms with E-state index in [9.17, 15) is 19.2 Å². The first-order valence-corrected chi connectivity index (χ1v) is 11.2. The van der Waals surface area contributed by atoms with Crippen LogP contribution in [0.4, 0.5) is 0 Å². The van der Waals surface area contributed by atoms with Gasteiger partial charge in [-0.3, -0.25) is 24.2 Å². The highest BCUT2D eigenvalue weighted by molar-refractivity contribution is 6.06. The Morgan fingerprint density at radius 1 is 1.06 bits per heavy atom. The lowest BCUT2D eigenvalue weighted by Gasteiger charge is -2.38. The Morgan fingerprint density at radius 3 is 2.34 bits per heavy atom. The molecule has 0 aliphatic carbocycles. The average Bonchev–Trinajstić information content (AvgIpc) is 2.81. The maximum atomic E-state index is 12.6. The van der Waals surface area contributed by atoms with Gasteiger partial charge in [0, 0.05) is 11.6 Å². The predicted octanol–water partition coefficient (Wildman–Crippen LogP) is 1.01. The fraction of sp³-hybridized carbons (Fsp3) is 0.565. The van der Waals surface area contributed by atoms with Crippen molar-refractivity contribution in [2.75, 3.05) is 45.9 Å². The molecule has 32 heavy (non-hydrogen) atoms. The summed E-state index contributed by atoms with van der Waals surface area (Å²) in [7, 11) is 0. The van der Waals surface area contributed by atoms with Crippen molar-refractivity contribution >= 4 is 23.6 Å². The monoisotopic (exact) mass is 445 g/mol. The van der Waals surface area contributed by atoms with Crippen molar-refractivity contribution in [3.63, 3.8) is 0 Å². The van der Waals surface area contributed by atoms with Crippen LogP contribution in [0.1, 0.15) is 43.0 Å². The van der Waals surface area contributed by atoms with Crippen LogP contribution >= 0.6 is 0 Å². The van der Waals surface area contributed by atoms with Gasteiger partial charge in [-0.1, -0.05) is 13.3 Å². The van der Waals surface area contributed by atoms with Crippen molar-refractivity contribution in [1.82, 2.24) is 15.1 Å². The van der Waals surface area contributed by atoms with Gasteiger partial charge in [-0.15, -0.1) is 0 Å². The molecule has 2 fully saturated rings. The molecule has 9 nitrogen and oxygen atoms in total. The van der Waals surface area contributed by atoms with E-state index in [1.54, 1.807) is 24.3 Å². The maximum absolute atomic E-state index is 12.6. The number of Topliss-reactive ketones (excluding diaryl/α,β-unsaturated/α-hetero) is 1. The Labute approximate surface area is 188 Å². The van der Waals surface area contributed by atoms with Crippen LogP contribution in [0.15, 0.2) is 24.3 Å². The van der Waals surface area contributed by atoms with Gasteiger partial charge in [0.2, 0.25) is 11.8 Å². The lowest BCUT2D eigenvalue weighted by atomic mass is 10.0. The Morgan fingerprint density at radius 2 is 1.72 bits per heavy atom. The molecule has 0 aromatic heterocycles. The van der Waals surface area contributed by atoms with E-state index < -0.39 is 5.97 Å². The fourth-order valence-electron chi connectivity index (χ4n) is 3.81. The highest BCUT2D eigenvalue weighted by Crippen LogP contribution is 2.17. The smallest absolute Gasteiger partial charge is 0.344 e. The normalized spacial score (nSPS) is 18.0. The summed E-state index contributed by atoms with van der Waals surface area (Å²) >= 11 is 0. The number of nitrogens with one attached hydrogen (secondary N) is 1. The van der Waals surface area contributed by atoms with Crippen LogP contribution in [-0.2, 0) is 19.1 Å². The second-order valence-electron chi connectivity index (χ2n) is 8.07. The SMILES string of the molecule is CCCCOC(=O)COc1ccc(C(=O)CN2C(=O)CN(C3CCNCC3)CC2=O)cc1. The summed E-state index contributed by atoms with van der Waals surface area (Å²) in [5, 5.41) is 3.27. The van der Waals surface area contributed by atoms with Crippen LogP contribution in [0.5, 0.6) is 5.75 Å². The molecule has 2 amide bonds. The summed E-state index contributed by atoms with van der Waals surface area (Å²) in [4.78, 5) is 52.3. The summed E-state index contributed by atoms with van der Waals surface area (Å²) in [5.41, 5.74) is 0.365. The molecule has 0 saturated carbocycles. The van der Waals surface area contributed by atoms with E-state index in [1.807, 2.05) is 11.8 Å². The summed E-state index contributed by atoms with van der Waals surface area (Å²) < 4.78 is 10.4. The number of hydrogen-bond donors (Lipinski definition) is 1. The predicted molar refractivity (Wildman–Crippen MR) is 116 cm³/mol. The molecule has 0 atom stereocenters. The number of piperazine rings is 1. The minimum absolute atomic E-state index is 0.158. The van der Waals surface area contributed by atoms with Crippen LogP contribution < -0.4 is 10.1 Å². The van der Waals surface area contributed by atoms with Crippen molar-refractivity contribution < 1.29 is 28.7 Å². The topological polar surface area (TPSA) is 105 Å². The molecule has 0 radical (unpaired) electrons. The zero-order valence-electron chi connectivity index (χ0n) is 18.5. The zero-order valence-corrected chi connectivity index (χ0v) is 18.5. The highest BCUT2D eigenvalue weighted by atomic mass is 16.6. The minimum atomic E-state index is -0.445. The summed E-state index contributed by atoms with van der Waals surface area (Å²) in [5.74, 6) is -1.02. The molecular weight excluding hydrogens is 414 g/mol. The number of esters is 1. The molecule has 0 unspecified atom stereocenters. The van der Waals surface area contributed by atoms with E-state index in [-0.39, 0.29) is 49.9 Å². The molecule has 2 aliphatic heterocycles. The first kappa shape index (κ1) is 23.9. The highest BCUT2D eigenvalue weighted by Gasteiger charge is 2.35. The lowest BCUT2D eigenvalue weighted by Crippen LogP contribution is -2.58. The number of nitrogens with zero attached hydrogens (tertiary/aromatic N) is 2. The molecule has 0 spiro atoms. The molecule has 1 aromatic rings. The van der Waals surface area contributed by atoms with Crippen LogP contribution in [0.25, 0.3) is 0 Å². The summed E-state index contributed by atoms with van der Waals surface area (Å²) in [6, 6.07) is 6.48. The fourth-order valence-corrected chi connectivity index (χ4v) is 3.81. The first-order valence-electron chi connectivity index (χ1n) is 11.2. The Hall–Kier alpha value is -2.78. The second kappa shape index (κ2) is 11.7. The number of rotatable bonds is 10. The number of hydrogen-bond acceptors (Lipinski definition) is 8. The van der Waals surface area contributed by atoms with E-state index in [0.29, 0.717) is 17.9 Å². The number of piperidine rings is 1. The number of carbonyl (C=O) groups excluding carboxylic acids is 4. The average molecular weight is 446 g/mol. The number of ether oxygens (including phenoxy) is 2. The van der Waals surface area contributed by atoms with Gasteiger partial charge in [-0.25, -0.2) is 4.79 Å². The van der Waals surface area contributed by atoms with E-state index in [2.05, 4.69) is 5.32 Å². The van der Waals surface area contributed by atoms with Crippen molar-refractivity contribution in [3.05, 3.63) is 29.8 Å². The Balaban J connectivity index is 1.48. The molecule has 2 heterocycles. The summed E-state index contributed by atoms with van der Waals surface area (Å²) in [6.07, 6.45) is 3.56. The van der Waals surface area contributed by atoms with E-state index in [0.717, 1.165) is 43.7 Å². The van der Waals surface area contributed by atoms with Gasteiger partial charge >= 0.3 is 5.97 Å². The molecule has 9 heteroatoms. The van der Waals surface area contributed by atoms with Crippen molar-refractivity contribution in [2.45, 2.75) is 38.6 Å². The van der Waals surface area contributed by atoms with Crippen LogP contribution in [-0.4, -0.2) is 85.3 Å². The van der Waals surface area contributed by atoms with Crippen LogP contribution in [0, 0.1) is 0 Å². The van der Waals surface area contributed by atoms with Gasteiger partial charge < -0.3 is 14.8 Å². The van der Waals surface area contributed by atoms with E-state index >= 15 is 0 Å². The van der Waals surface area contributed by atoms with Gasteiger partial charge in [-0.2, -0.15) is 0 Å². The molecule has 0 bridgehead atoms. The lowest BCUT2D eigenvalue weighted by molar-refractivity contribution is -0.152. The first-order chi connectivity index (χ1) is 15.5. The van der Waals surface area contributed by atoms with Crippen molar-refractivity contribution in [2.24, 2.45) is 0 Å². The standard InChI is InChI=1S/C23H31N3O6/c1-2-3-12-31-23(30)16-32-19-6-4-17(5-7-19)20(27)13-26-21(28)14-25(15-22(26)29)18-8-10-24-11-9-18/h4-7,18,24H,2-3,8-16H2,1H3. The van der Waals surface area contributed by atoms with Crippen LogP contribution in [0.2, 0.25) is 0 Å². The number of benzene rings is 1. The minimum Gasteiger partial charge on any atom is -0.482 e. The molecular formula is C23H31N3O6. The van der Waals surface area contributed by atoms with Gasteiger partial charge in [0.15, 0.2) is 12.4 Å². The Kier molecular flexibility index (Phi) is 8.75. The molecule has 174 valence electrons. The second-order valence-corrected chi connectivity index (χ2v) is 8.07. The third kappa shape index (κ3) is 6.61. The van der Waals surface area contributed by atoms with Gasteiger partial charge in [0.25, 0.3) is 0 Å². The van der Waals surface area contributed by atoms with Crippen molar-refractivity contribution in [3.8, 4) is 5.75 Å². The molecule has 1 aromatic carbocycles. The quantitative estimate of drug-likeness (QED) is 0.246. The largest absolute Gasteiger partial charge is 0.482 e. The number of unbranched alkanes of at least 4 members (excludes halogenated alkanes) is 1. The van der Waals surface area contributed by atoms with Gasteiger partial charge in [-0.05, 0) is 56.6 Å². The van der Waals surface area contributed by atoms with Crippen LogP contribution in [0.3, 0.4) is 0 Å². The summed E-state index contributed by atoms with van der Waals surface area (Å²) in [6.45, 7) is 3.97. The van der Waals surface area contributed by atoms with E-state index in [4.69, 9.17) is 9.47 Å². The van der Waals surface area contributed by atoms with Crippen molar-refractivity contribution in [1.29, 1.82) is 0 Å². The molecule has 3 rings (SSSR count). The third-order valence-electron chi connectivity index (χ3n) is 5.70. The Bertz CT molecular complexity index is 802. The number of ketones is 1. The van der Waals surface area contributed by atoms with Gasteiger partial charge in [0.05, 0.1) is 26.2 Å². The molecule has 2 aliphatic rings. The number of amides is 2. The zero-order chi connectivity index (χ0) is 22.9. The number of imide groups is 1. The number of carbonyl (C=O) groups is 4. The maximum Gasteiger partial charge on any atom is 0.344 e. The third-order valence-corrected chi connectivity index (χ3v) is 5.70. The van der Waals surface area contributed by atoms with Gasteiger partial charge in [0.1, 0.15) is 5.75 Å².